The van der Waals surface area contributed by atoms with Gasteiger partial charge in [-0.3, -0.25) is 0 Å². The Morgan fingerprint density at radius 1 is 0.607 bits per heavy atom. The molecule has 0 aliphatic carbocycles. The molecule has 3 aromatic carbocycles. The van der Waals surface area contributed by atoms with Crippen molar-refractivity contribution in [1.82, 2.24) is 0 Å². The van der Waals surface area contributed by atoms with Gasteiger partial charge in [0.15, 0.2) is 0 Å². The Morgan fingerprint density at radius 2 is 1.11 bits per heavy atom. The van der Waals surface area contributed by atoms with Crippen molar-refractivity contribution in [3.63, 3.8) is 0 Å². The van der Waals surface area contributed by atoms with E-state index in [0.717, 1.165) is 0 Å². The number of hydrogen-bond donors (Lipinski definition) is 1. The van der Waals surface area contributed by atoms with Crippen LogP contribution in [0.15, 0.2) is 78.9 Å². The maximum absolute atomic E-state index is 3.86. The highest BCUT2D eigenvalue weighted by molar-refractivity contribution is 7.80. The minimum atomic E-state index is -0.646. The van der Waals surface area contributed by atoms with Crippen molar-refractivity contribution in [1.29, 1.82) is 0 Å². The Bertz CT molecular complexity index is 863. The van der Waals surface area contributed by atoms with Gasteiger partial charge in [-0.25, -0.2) is 0 Å². The average Bonchev–Trinajstić information content (AvgIpc) is 2.63. The molecule has 0 unspecified atom stereocenters. The minimum absolute atomic E-state index is 0.00944. The first kappa shape index (κ1) is 20.6. The molecule has 3 aromatic rings. The van der Waals surface area contributed by atoms with E-state index in [4.69, 9.17) is 0 Å². The van der Waals surface area contributed by atoms with E-state index in [-0.39, 0.29) is 11.0 Å². The highest BCUT2D eigenvalue weighted by Gasteiger charge is 2.27. The molecule has 0 aromatic heterocycles. The Balaban J connectivity index is 2.28. The summed E-state index contributed by atoms with van der Waals surface area (Å²) in [6.45, 7) is 13.6. The molecule has 0 radical (unpaired) electrons. The van der Waals surface area contributed by atoms with Crippen LogP contribution in [-0.2, 0) is 5.41 Å². The maximum Gasteiger partial charge on any atom is 0.0466 e. The zero-order valence-corrected chi connectivity index (χ0v) is 18.8. The van der Waals surface area contributed by atoms with Crippen molar-refractivity contribution in [3.8, 4) is 0 Å². The molecule has 0 saturated carbocycles. The lowest BCUT2D eigenvalue weighted by atomic mass is 9.85. The molecule has 146 valence electrons. The minimum Gasteiger partial charge on any atom is -0.380 e. The van der Waals surface area contributed by atoms with Gasteiger partial charge in [-0.05, 0) is 50.3 Å². The fourth-order valence-electron chi connectivity index (χ4n) is 3.44. The fraction of sp³-hybridized carbons (Fsp3) is 0.308. The summed E-state index contributed by atoms with van der Waals surface area (Å²) in [7, 11) is -0.646. The number of rotatable bonds is 4. The maximum atomic E-state index is 3.86. The lowest BCUT2D eigenvalue weighted by molar-refractivity contribution is 0.583. The molecule has 0 bridgehead atoms. The second-order valence-corrected chi connectivity index (χ2v) is 11.5. The molecule has 0 spiro atoms. The van der Waals surface area contributed by atoms with Gasteiger partial charge in [0.05, 0.1) is 0 Å². The molecule has 0 aliphatic heterocycles. The van der Waals surface area contributed by atoms with Crippen LogP contribution in [0, 0.1) is 0 Å². The summed E-state index contributed by atoms with van der Waals surface area (Å²) in [5.74, 6) is 0. The summed E-state index contributed by atoms with van der Waals surface area (Å²) in [6, 6.07) is 28.7. The zero-order chi connectivity index (χ0) is 20.4. The van der Waals surface area contributed by atoms with E-state index in [1.807, 2.05) is 0 Å². The van der Waals surface area contributed by atoms with E-state index in [1.165, 1.54) is 27.2 Å². The topological polar surface area (TPSA) is 12.0 Å². The normalized spacial score (nSPS) is 12.2. The van der Waals surface area contributed by atoms with Crippen molar-refractivity contribution >= 4 is 29.5 Å². The van der Waals surface area contributed by atoms with Crippen molar-refractivity contribution < 1.29 is 0 Å². The van der Waals surface area contributed by atoms with Gasteiger partial charge >= 0.3 is 0 Å². The number of benzene rings is 3. The summed E-state index contributed by atoms with van der Waals surface area (Å²) in [5, 5.41) is 8.02. The Hall–Kier alpha value is -2.11. The van der Waals surface area contributed by atoms with Crippen molar-refractivity contribution in [2.24, 2.45) is 0 Å². The van der Waals surface area contributed by atoms with E-state index in [0.29, 0.717) is 0 Å². The third kappa shape index (κ3) is 4.83. The number of para-hydroxylation sites is 1. The Morgan fingerprint density at radius 3 is 1.54 bits per heavy atom. The van der Waals surface area contributed by atoms with Crippen molar-refractivity contribution in [2.75, 3.05) is 5.32 Å². The van der Waals surface area contributed by atoms with E-state index in [9.17, 15) is 0 Å². The van der Waals surface area contributed by atoms with E-state index in [2.05, 4.69) is 126 Å². The Labute approximate surface area is 172 Å². The Kier molecular flexibility index (Phi) is 5.96. The van der Waals surface area contributed by atoms with Gasteiger partial charge in [0.25, 0.3) is 0 Å². The van der Waals surface area contributed by atoms with Crippen molar-refractivity contribution in [3.05, 3.63) is 84.4 Å². The molecule has 3 rings (SSSR count). The highest BCUT2D eigenvalue weighted by atomic mass is 31.1. The average molecular weight is 390 g/mol. The smallest absolute Gasteiger partial charge is 0.0466 e. The molecular formula is C26H32NP. The molecule has 0 amide bonds. The molecule has 0 fully saturated rings. The first-order valence-corrected chi connectivity index (χ1v) is 11.3. The van der Waals surface area contributed by atoms with Gasteiger partial charge in [0, 0.05) is 16.5 Å². The highest BCUT2D eigenvalue weighted by Crippen LogP contribution is 2.40. The van der Waals surface area contributed by atoms with Crippen LogP contribution in [0.3, 0.4) is 0 Å². The van der Waals surface area contributed by atoms with Crippen LogP contribution < -0.4 is 21.2 Å². The SMILES string of the molecule is CC(C)(C)Nc1c(P(c2ccccc2)c2ccccc2)cccc1C(C)(C)C. The molecular weight excluding hydrogens is 357 g/mol. The summed E-state index contributed by atoms with van der Waals surface area (Å²) in [6.07, 6.45) is 0. The van der Waals surface area contributed by atoms with Gasteiger partial charge in [-0.15, -0.1) is 0 Å². The van der Waals surface area contributed by atoms with Crippen molar-refractivity contribution in [2.45, 2.75) is 52.5 Å². The summed E-state index contributed by atoms with van der Waals surface area (Å²) in [4.78, 5) is 0. The predicted molar refractivity (Wildman–Crippen MR) is 127 cm³/mol. The van der Waals surface area contributed by atoms with Crippen LogP contribution in [0.1, 0.15) is 47.1 Å². The lowest BCUT2D eigenvalue weighted by Crippen LogP contribution is -2.33. The molecule has 0 atom stereocenters. The summed E-state index contributed by atoms with van der Waals surface area (Å²) >= 11 is 0. The van der Waals surface area contributed by atoms with Crippen LogP contribution in [0.2, 0.25) is 0 Å². The number of anilines is 1. The van der Waals surface area contributed by atoms with Gasteiger partial charge in [0.1, 0.15) is 0 Å². The molecule has 1 N–H and O–H groups in total. The molecule has 1 nitrogen and oxygen atoms in total. The van der Waals surface area contributed by atoms with Crippen LogP contribution >= 0.6 is 7.92 Å². The summed E-state index contributed by atoms with van der Waals surface area (Å²) in [5.41, 5.74) is 2.73. The quantitative estimate of drug-likeness (QED) is 0.544. The number of nitrogens with one attached hydrogen (secondary N) is 1. The summed E-state index contributed by atoms with van der Waals surface area (Å²) < 4.78 is 0. The van der Waals surface area contributed by atoms with Gasteiger partial charge in [-0.1, -0.05) is 99.6 Å². The zero-order valence-electron chi connectivity index (χ0n) is 18.0. The second kappa shape index (κ2) is 8.10. The van der Waals surface area contributed by atoms with Gasteiger partial charge in [0.2, 0.25) is 0 Å². The predicted octanol–water partition coefficient (Wildman–Crippen LogP) is 5.95. The second-order valence-electron chi connectivity index (χ2n) is 9.33. The first-order valence-electron chi connectivity index (χ1n) is 9.99. The molecule has 0 saturated heterocycles. The van der Waals surface area contributed by atoms with Gasteiger partial charge < -0.3 is 5.32 Å². The van der Waals surface area contributed by atoms with E-state index < -0.39 is 7.92 Å². The monoisotopic (exact) mass is 389 g/mol. The van der Waals surface area contributed by atoms with E-state index >= 15 is 0 Å². The van der Waals surface area contributed by atoms with Crippen LogP contribution in [0.4, 0.5) is 5.69 Å². The fourth-order valence-corrected chi connectivity index (χ4v) is 5.87. The lowest BCUT2D eigenvalue weighted by Gasteiger charge is -2.33. The van der Waals surface area contributed by atoms with Crippen LogP contribution in [-0.4, -0.2) is 5.54 Å². The number of hydrogen-bond acceptors (Lipinski definition) is 1. The van der Waals surface area contributed by atoms with E-state index in [1.54, 1.807) is 0 Å². The molecule has 0 aliphatic rings. The third-order valence-corrected chi connectivity index (χ3v) is 7.10. The largest absolute Gasteiger partial charge is 0.380 e. The van der Waals surface area contributed by atoms with Gasteiger partial charge in [-0.2, -0.15) is 0 Å². The molecule has 28 heavy (non-hydrogen) atoms. The standard InChI is InChI=1S/C26H32NP/c1-25(2,3)22-18-13-19-23(24(22)27-26(4,5)6)28(20-14-9-7-10-15-20)21-16-11-8-12-17-21/h7-19,27H,1-6H3. The molecule has 0 heterocycles. The van der Waals surface area contributed by atoms with Crippen LogP contribution in [0.25, 0.3) is 0 Å². The third-order valence-electron chi connectivity index (χ3n) is 4.62. The molecule has 2 heteroatoms. The van der Waals surface area contributed by atoms with Crippen LogP contribution in [0.5, 0.6) is 0 Å². The first-order chi connectivity index (χ1) is 13.2.